The van der Waals surface area contributed by atoms with E-state index in [1.165, 1.54) is 0 Å². The average molecular weight is 132 g/mol. The summed E-state index contributed by atoms with van der Waals surface area (Å²) in [5.41, 5.74) is 0. The summed E-state index contributed by atoms with van der Waals surface area (Å²) >= 11 is 3.89. The maximum absolute atomic E-state index is 10.5. The molecular formula is C4H4OS2. The van der Waals surface area contributed by atoms with Crippen molar-refractivity contribution in [2.75, 3.05) is 0 Å². The summed E-state index contributed by atoms with van der Waals surface area (Å²) in [5, 5.41) is 1.60. The van der Waals surface area contributed by atoms with E-state index >= 15 is 0 Å². The molecule has 0 aromatic heterocycles. The predicted octanol–water partition coefficient (Wildman–Crippen LogP) is 1.03. The molecule has 0 saturated heterocycles. The molecule has 0 amide bonds. The zero-order valence-corrected chi connectivity index (χ0v) is 5.21. The summed E-state index contributed by atoms with van der Waals surface area (Å²) in [7, 11) is -0.923. The van der Waals surface area contributed by atoms with Crippen LogP contribution in [0.1, 0.15) is 0 Å². The van der Waals surface area contributed by atoms with Crippen molar-refractivity contribution >= 4 is 23.4 Å². The molecule has 0 saturated carbocycles. The van der Waals surface area contributed by atoms with Gasteiger partial charge in [0.15, 0.2) is 0 Å². The van der Waals surface area contributed by atoms with Gasteiger partial charge in [-0.3, -0.25) is 0 Å². The van der Waals surface area contributed by atoms with Crippen LogP contribution in [0.15, 0.2) is 21.8 Å². The molecular weight excluding hydrogens is 128 g/mol. The fourth-order valence-electron chi connectivity index (χ4n) is 0.330. The molecule has 0 aromatic carbocycles. The van der Waals surface area contributed by atoms with Gasteiger partial charge in [-0.2, -0.15) is 0 Å². The Hall–Kier alpha value is -0.0200. The molecule has 1 unspecified atom stereocenters. The van der Waals surface area contributed by atoms with E-state index in [-0.39, 0.29) is 0 Å². The van der Waals surface area contributed by atoms with Crippen LogP contribution in [-0.2, 0) is 10.8 Å². The molecule has 3 heteroatoms. The highest BCUT2D eigenvalue weighted by Gasteiger charge is 1.99. The van der Waals surface area contributed by atoms with E-state index in [4.69, 9.17) is 0 Å². The molecule has 0 aromatic rings. The number of allylic oxidation sites excluding steroid dienone is 2. The van der Waals surface area contributed by atoms with Crippen LogP contribution in [0.2, 0.25) is 0 Å². The van der Waals surface area contributed by atoms with Gasteiger partial charge in [0, 0.05) is 5.41 Å². The van der Waals surface area contributed by atoms with Crippen LogP contribution >= 0.6 is 12.6 Å². The minimum absolute atomic E-state index is 0.639. The number of rotatable bonds is 0. The summed E-state index contributed by atoms with van der Waals surface area (Å²) in [6.45, 7) is 0. The Labute approximate surface area is 50.0 Å². The predicted molar refractivity (Wildman–Crippen MR) is 34.4 cm³/mol. The number of hydrogen-bond donors (Lipinski definition) is 1. The van der Waals surface area contributed by atoms with Gasteiger partial charge in [-0.15, -0.1) is 12.6 Å². The molecule has 1 rings (SSSR count). The second kappa shape index (κ2) is 1.84. The molecule has 38 valence electrons. The third-order valence-corrected chi connectivity index (χ3v) is 2.29. The van der Waals surface area contributed by atoms with Gasteiger partial charge in [-0.25, -0.2) is 4.21 Å². The Kier molecular flexibility index (Phi) is 1.35. The first-order valence-corrected chi connectivity index (χ1v) is 3.45. The van der Waals surface area contributed by atoms with E-state index in [1.807, 2.05) is 0 Å². The van der Waals surface area contributed by atoms with Gasteiger partial charge in [0.2, 0.25) is 0 Å². The maximum Gasteiger partial charge on any atom is 0.0838 e. The van der Waals surface area contributed by atoms with Crippen LogP contribution in [0.3, 0.4) is 0 Å². The van der Waals surface area contributed by atoms with Crippen molar-refractivity contribution in [1.82, 2.24) is 0 Å². The van der Waals surface area contributed by atoms with Crippen LogP contribution in [0.25, 0.3) is 0 Å². The Morgan fingerprint density at radius 2 is 2.43 bits per heavy atom. The first kappa shape index (κ1) is 5.12. The molecule has 1 aliphatic rings. The summed E-state index contributed by atoms with van der Waals surface area (Å²) in [6.07, 6.45) is 3.46. The van der Waals surface area contributed by atoms with Crippen LogP contribution in [0.4, 0.5) is 0 Å². The lowest BCUT2D eigenvalue weighted by molar-refractivity contribution is 0.693. The molecule has 1 aliphatic heterocycles. The third kappa shape index (κ3) is 0.951. The van der Waals surface area contributed by atoms with Gasteiger partial charge in [0.25, 0.3) is 0 Å². The average Bonchev–Trinajstić information content (AvgIpc) is 1.91. The SMILES string of the molecule is O=S1C=CC=C1S. The van der Waals surface area contributed by atoms with Gasteiger partial charge >= 0.3 is 0 Å². The highest BCUT2D eigenvalue weighted by atomic mass is 32.2. The highest BCUT2D eigenvalue weighted by Crippen LogP contribution is 2.13. The van der Waals surface area contributed by atoms with Gasteiger partial charge in [0.1, 0.15) is 0 Å². The van der Waals surface area contributed by atoms with Crippen molar-refractivity contribution in [3.05, 3.63) is 21.8 Å². The molecule has 1 heterocycles. The number of thiol groups is 1. The van der Waals surface area contributed by atoms with Crippen LogP contribution < -0.4 is 0 Å². The summed E-state index contributed by atoms with van der Waals surface area (Å²) in [6, 6.07) is 0. The van der Waals surface area contributed by atoms with Gasteiger partial charge in [-0.1, -0.05) is 6.08 Å². The first-order valence-electron chi connectivity index (χ1n) is 1.79. The van der Waals surface area contributed by atoms with Crippen LogP contribution in [-0.4, -0.2) is 4.21 Å². The van der Waals surface area contributed by atoms with E-state index < -0.39 is 10.8 Å². The van der Waals surface area contributed by atoms with Crippen LogP contribution in [0.5, 0.6) is 0 Å². The molecule has 0 radical (unpaired) electrons. The molecule has 0 bridgehead atoms. The lowest BCUT2D eigenvalue weighted by Gasteiger charge is -1.80. The standard InChI is InChI=1S/C4H4OS2/c5-7-3-1-2-4(7)6/h1-3,6H. The van der Waals surface area contributed by atoms with Crippen LogP contribution in [0, 0.1) is 0 Å². The normalized spacial score (nSPS) is 28.1. The Morgan fingerprint density at radius 3 is 2.57 bits per heavy atom. The second-order valence-corrected chi connectivity index (χ2v) is 3.22. The van der Waals surface area contributed by atoms with E-state index in [2.05, 4.69) is 12.6 Å². The summed E-state index contributed by atoms with van der Waals surface area (Å²) in [4.78, 5) is 0. The molecule has 1 atom stereocenters. The minimum atomic E-state index is -0.923. The van der Waals surface area contributed by atoms with Crippen molar-refractivity contribution in [2.45, 2.75) is 0 Å². The van der Waals surface area contributed by atoms with Crippen molar-refractivity contribution in [3.8, 4) is 0 Å². The fourth-order valence-corrected chi connectivity index (χ4v) is 1.17. The van der Waals surface area contributed by atoms with Gasteiger partial charge in [0.05, 0.1) is 15.0 Å². The third-order valence-electron chi connectivity index (χ3n) is 0.647. The van der Waals surface area contributed by atoms with E-state index in [1.54, 1.807) is 17.6 Å². The lowest BCUT2D eigenvalue weighted by atomic mass is 10.6. The van der Waals surface area contributed by atoms with E-state index in [0.717, 1.165) is 0 Å². The monoisotopic (exact) mass is 132 g/mol. The van der Waals surface area contributed by atoms with Crippen molar-refractivity contribution < 1.29 is 4.21 Å². The lowest BCUT2D eigenvalue weighted by Crippen LogP contribution is -1.73. The Balaban J connectivity index is 2.89. The van der Waals surface area contributed by atoms with E-state index in [9.17, 15) is 4.21 Å². The Bertz CT molecular complexity index is 157. The van der Waals surface area contributed by atoms with Gasteiger partial charge < -0.3 is 0 Å². The molecule has 0 fully saturated rings. The maximum atomic E-state index is 10.5. The number of hydrogen-bond acceptors (Lipinski definition) is 2. The van der Waals surface area contributed by atoms with Crippen molar-refractivity contribution in [2.24, 2.45) is 0 Å². The van der Waals surface area contributed by atoms with Crippen molar-refractivity contribution in [1.29, 1.82) is 0 Å². The van der Waals surface area contributed by atoms with E-state index in [0.29, 0.717) is 4.24 Å². The molecule has 0 N–H and O–H groups in total. The first-order chi connectivity index (χ1) is 3.30. The van der Waals surface area contributed by atoms with Gasteiger partial charge in [-0.05, 0) is 6.08 Å². The zero-order chi connectivity index (χ0) is 5.28. The van der Waals surface area contributed by atoms with Crippen molar-refractivity contribution in [3.63, 3.8) is 0 Å². The fraction of sp³-hybridized carbons (Fsp3) is 0. The topological polar surface area (TPSA) is 17.1 Å². The molecule has 7 heavy (non-hydrogen) atoms. The largest absolute Gasteiger partial charge is 0.249 e. The summed E-state index contributed by atoms with van der Waals surface area (Å²) < 4.78 is 11.1. The Morgan fingerprint density at radius 1 is 1.71 bits per heavy atom. The smallest absolute Gasteiger partial charge is 0.0838 e. The quantitative estimate of drug-likeness (QED) is 0.487. The molecule has 1 nitrogen and oxygen atoms in total. The minimum Gasteiger partial charge on any atom is -0.249 e. The zero-order valence-electron chi connectivity index (χ0n) is 3.50. The molecule has 0 aliphatic carbocycles. The second-order valence-electron chi connectivity index (χ2n) is 1.13. The summed E-state index contributed by atoms with van der Waals surface area (Å²) in [5.74, 6) is 0. The molecule has 0 spiro atoms. The highest BCUT2D eigenvalue weighted by molar-refractivity contribution is 8.08.